The van der Waals surface area contributed by atoms with Crippen LogP contribution in [0.15, 0.2) is 18.2 Å². The normalized spacial score (nSPS) is 25.8. The topological polar surface area (TPSA) is 113 Å². The predicted octanol–water partition coefficient (Wildman–Crippen LogP) is 2.35. The molecule has 1 aromatic rings. The maximum Gasteiger partial charge on any atom is 0.341 e. The summed E-state index contributed by atoms with van der Waals surface area (Å²) in [6, 6.07) is 5.77. The van der Waals surface area contributed by atoms with E-state index in [1.807, 2.05) is 19.1 Å². The molecule has 1 fully saturated rings. The second kappa shape index (κ2) is 10.3. The lowest BCUT2D eigenvalue weighted by molar-refractivity contribution is -0.150. The largest absolute Gasteiger partial charge is 0.482 e. The molecule has 30 heavy (non-hydrogen) atoms. The summed E-state index contributed by atoms with van der Waals surface area (Å²) in [6.45, 7) is 1.40. The molecule has 2 aliphatic carbocycles. The first kappa shape index (κ1) is 22.6. The lowest BCUT2D eigenvalue weighted by Gasteiger charge is -2.32. The van der Waals surface area contributed by atoms with Crippen LogP contribution >= 0.6 is 0 Å². The van der Waals surface area contributed by atoms with Crippen LogP contribution in [-0.4, -0.2) is 52.7 Å². The number of benzene rings is 1. The fraction of sp³-hybridized carbons (Fsp3) is 0.652. The Morgan fingerprint density at radius 1 is 1.27 bits per heavy atom. The minimum Gasteiger partial charge on any atom is -0.482 e. The first-order chi connectivity index (χ1) is 14.4. The average Bonchev–Trinajstić information content (AvgIpc) is 3.02. The third-order valence-electron chi connectivity index (χ3n) is 6.59. The third-order valence-corrected chi connectivity index (χ3v) is 6.59. The maximum absolute atomic E-state index is 11.7. The van der Waals surface area contributed by atoms with E-state index in [2.05, 4.69) is 6.07 Å². The van der Waals surface area contributed by atoms with Crippen LogP contribution in [0.25, 0.3) is 0 Å². The second-order valence-corrected chi connectivity index (χ2v) is 8.45. The average molecular weight is 421 g/mol. The van der Waals surface area contributed by atoms with Gasteiger partial charge in [0, 0.05) is 0 Å². The number of aliphatic hydroxyl groups excluding tert-OH is 2. The van der Waals surface area contributed by atoms with Gasteiger partial charge in [0.1, 0.15) is 11.9 Å². The van der Waals surface area contributed by atoms with Gasteiger partial charge >= 0.3 is 11.9 Å². The fourth-order valence-electron chi connectivity index (χ4n) is 5.14. The van der Waals surface area contributed by atoms with Crippen molar-refractivity contribution < 1.29 is 34.4 Å². The molecule has 166 valence electrons. The fourth-order valence-corrected chi connectivity index (χ4v) is 5.14. The number of rotatable bonds is 10. The second-order valence-electron chi connectivity index (χ2n) is 8.45. The lowest BCUT2D eigenvalue weighted by Crippen LogP contribution is -2.28. The highest BCUT2D eigenvalue weighted by atomic mass is 16.5. The van der Waals surface area contributed by atoms with Crippen molar-refractivity contribution in [1.29, 1.82) is 0 Å². The van der Waals surface area contributed by atoms with Gasteiger partial charge in [-0.3, -0.25) is 4.79 Å². The molecule has 0 aromatic heterocycles. The van der Waals surface area contributed by atoms with Gasteiger partial charge in [0.15, 0.2) is 6.61 Å². The van der Waals surface area contributed by atoms with Gasteiger partial charge in [-0.1, -0.05) is 19.1 Å². The van der Waals surface area contributed by atoms with E-state index in [4.69, 9.17) is 19.7 Å². The standard InChI is InChI=1S/C23H32O7/c1-2-16(30-23(28)8-9-24)6-7-17-18-10-14-4-3-5-21(29-13-22(26)27)19(14)11-15(18)12-20(17)25/h3-5,15-18,20,24-25H,2,6-13H2,1H3,(H,26,27)/t15-,16-,17+,18-,20+/m0/s1. The molecule has 7 nitrogen and oxygen atoms in total. The van der Waals surface area contributed by atoms with E-state index >= 15 is 0 Å². The SMILES string of the molecule is CC[C@@H](CC[C@@H]1[C@H]2Cc3cccc(OCC(=O)O)c3C[C@H]2C[C@H]1O)OC(=O)CCO. The Bertz CT molecular complexity index is 747. The Morgan fingerprint density at radius 3 is 2.77 bits per heavy atom. The van der Waals surface area contributed by atoms with Crippen molar-refractivity contribution in [1.82, 2.24) is 0 Å². The number of aliphatic hydroxyl groups is 2. The van der Waals surface area contributed by atoms with Crippen LogP contribution in [0.3, 0.4) is 0 Å². The number of ether oxygens (including phenoxy) is 2. The molecule has 5 atom stereocenters. The van der Waals surface area contributed by atoms with Crippen molar-refractivity contribution in [2.75, 3.05) is 13.2 Å². The van der Waals surface area contributed by atoms with Crippen molar-refractivity contribution >= 4 is 11.9 Å². The highest BCUT2D eigenvalue weighted by molar-refractivity contribution is 5.69. The number of aliphatic carboxylic acids is 1. The molecule has 2 aliphatic rings. The Kier molecular flexibility index (Phi) is 7.72. The zero-order valence-electron chi connectivity index (χ0n) is 17.5. The molecule has 0 heterocycles. The molecular formula is C23H32O7. The molecule has 0 saturated heterocycles. The summed E-state index contributed by atoms with van der Waals surface area (Å²) in [4.78, 5) is 22.5. The van der Waals surface area contributed by atoms with Crippen molar-refractivity contribution in [2.24, 2.45) is 17.8 Å². The van der Waals surface area contributed by atoms with Crippen LogP contribution < -0.4 is 4.74 Å². The van der Waals surface area contributed by atoms with Crippen LogP contribution in [0.4, 0.5) is 0 Å². The molecule has 1 aromatic carbocycles. The summed E-state index contributed by atoms with van der Waals surface area (Å²) >= 11 is 0. The molecule has 0 radical (unpaired) electrons. The minimum atomic E-state index is -0.997. The van der Waals surface area contributed by atoms with Gasteiger partial charge in [-0.05, 0) is 73.5 Å². The number of hydrogen-bond acceptors (Lipinski definition) is 6. The van der Waals surface area contributed by atoms with Crippen molar-refractivity contribution in [3.63, 3.8) is 0 Å². The maximum atomic E-state index is 11.7. The van der Waals surface area contributed by atoms with E-state index in [1.54, 1.807) is 0 Å². The zero-order chi connectivity index (χ0) is 21.7. The molecule has 3 rings (SSSR count). The molecule has 0 spiro atoms. The molecule has 0 amide bonds. The molecule has 0 unspecified atom stereocenters. The predicted molar refractivity (Wildman–Crippen MR) is 109 cm³/mol. The van der Waals surface area contributed by atoms with E-state index < -0.39 is 5.97 Å². The first-order valence-electron chi connectivity index (χ1n) is 10.9. The number of carbonyl (C=O) groups is 2. The number of carbonyl (C=O) groups excluding carboxylic acids is 1. The minimum absolute atomic E-state index is 0.0102. The number of fused-ring (bicyclic) bond motifs is 2. The van der Waals surface area contributed by atoms with E-state index in [-0.39, 0.29) is 43.7 Å². The van der Waals surface area contributed by atoms with Crippen LogP contribution in [0.2, 0.25) is 0 Å². The van der Waals surface area contributed by atoms with Gasteiger partial charge in [0.05, 0.1) is 19.1 Å². The Hall–Kier alpha value is -2.12. The van der Waals surface area contributed by atoms with Gasteiger partial charge in [0.25, 0.3) is 0 Å². The van der Waals surface area contributed by atoms with Gasteiger partial charge < -0.3 is 24.8 Å². The Morgan fingerprint density at radius 2 is 2.07 bits per heavy atom. The van der Waals surface area contributed by atoms with Gasteiger partial charge in [-0.15, -0.1) is 0 Å². The molecule has 0 aliphatic heterocycles. The summed E-state index contributed by atoms with van der Waals surface area (Å²) in [5.41, 5.74) is 2.23. The van der Waals surface area contributed by atoms with E-state index in [1.165, 1.54) is 5.56 Å². The zero-order valence-corrected chi connectivity index (χ0v) is 17.5. The van der Waals surface area contributed by atoms with Crippen molar-refractivity contribution in [3.8, 4) is 5.75 Å². The number of esters is 1. The number of hydrogen-bond donors (Lipinski definition) is 3. The quantitative estimate of drug-likeness (QED) is 0.498. The van der Waals surface area contributed by atoms with Crippen molar-refractivity contribution in [2.45, 2.75) is 64.1 Å². The summed E-state index contributed by atoms with van der Waals surface area (Å²) in [7, 11) is 0. The van der Waals surface area contributed by atoms with Crippen LogP contribution in [0.5, 0.6) is 5.75 Å². The monoisotopic (exact) mass is 420 g/mol. The van der Waals surface area contributed by atoms with E-state index in [0.29, 0.717) is 30.4 Å². The first-order valence-corrected chi connectivity index (χ1v) is 10.9. The van der Waals surface area contributed by atoms with Crippen LogP contribution in [0, 0.1) is 17.8 Å². The van der Waals surface area contributed by atoms with Gasteiger partial charge in [0.2, 0.25) is 0 Å². The van der Waals surface area contributed by atoms with Crippen LogP contribution in [0.1, 0.15) is 50.2 Å². The van der Waals surface area contributed by atoms with Crippen molar-refractivity contribution in [3.05, 3.63) is 29.3 Å². The van der Waals surface area contributed by atoms with Gasteiger partial charge in [-0.2, -0.15) is 0 Å². The van der Waals surface area contributed by atoms with E-state index in [9.17, 15) is 14.7 Å². The molecule has 1 saturated carbocycles. The van der Waals surface area contributed by atoms with Crippen LogP contribution in [-0.2, 0) is 27.2 Å². The Balaban J connectivity index is 1.65. The summed E-state index contributed by atoms with van der Waals surface area (Å²) in [5.74, 6) is 0.0972. The molecule has 3 N–H and O–H groups in total. The Labute approximate surface area is 177 Å². The molecule has 0 bridgehead atoms. The third kappa shape index (κ3) is 5.32. The summed E-state index contributed by atoms with van der Waals surface area (Å²) in [5, 5.41) is 28.5. The summed E-state index contributed by atoms with van der Waals surface area (Å²) < 4.78 is 10.9. The van der Waals surface area contributed by atoms with E-state index in [0.717, 1.165) is 31.2 Å². The van der Waals surface area contributed by atoms with Gasteiger partial charge in [-0.25, -0.2) is 4.79 Å². The number of carboxylic acids is 1. The number of carboxylic acid groups (broad SMARTS) is 1. The lowest BCUT2D eigenvalue weighted by atomic mass is 9.73. The highest BCUT2D eigenvalue weighted by Gasteiger charge is 2.45. The smallest absolute Gasteiger partial charge is 0.341 e. The highest BCUT2D eigenvalue weighted by Crippen LogP contribution is 2.48. The summed E-state index contributed by atoms with van der Waals surface area (Å²) in [6.07, 6.45) is 3.98. The molecule has 7 heteroatoms. The molecular weight excluding hydrogens is 388 g/mol.